The van der Waals surface area contributed by atoms with Gasteiger partial charge >= 0.3 is 5.97 Å². The number of nitrogens with one attached hydrogen (secondary N) is 1. The van der Waals surface area contributed by atoms with E-state index in [4.69, 9.17) is 9.47 Å². The largest absolute Gasteiger partial charge is 0.490 e. The van der Waals surface area contributed by atoms with Gasteiger partial charge in [-0.3, -0.25) is 9.59 Å². The number of anilines is 2. The van der Waals surface area contributed by atoms with E-state index < -0.39 is 11.4 Å². The van der Waals surface area contributed by atoms with Crippen LogP contribution in [0.15, 0.2) is 60.7 Å². The van der Waals surface area contributed by atoms with Crippen LogP contribution >= 0.6 is 0 Å². The molecule has 2 N–H and O–H groups in total. The van der Waals surface area contributed by atoms with E-state index in [1.165, 1.54) is 0 Å². The van der Waals surface area contributed by atoms with Gasteiger partial charge in [0.1, 0.15) is 24.2 Å². The third-order valence-electron chi connectivity index (χ3n) is 6.52. The Bertz CT molecular complexity index is 1300. The van der Waals surface area contributed by atoms with Gasteiger partial charge in [-0.15, -0.1) is 0 Å². The number of benzene rings is 3. The van der Waals surface area contributed by atoms with Gasteiger partial charge in [0.05, 0.1) is 17.6 Å². The van der Waals surface area contributed by atoms with Crippen molar-refractivity contribution >= 4 is 23.3 Å². The lowest BCUT2D eigenvalue weighted by Gasteiger charge is -2.33. The molecule has 1 heterocycles. The van der Waals surface area contributed by atoms with Gasteiger partial charge in [0.2, 0.25) is 0 Å². The van der Waals surface area contributed by atoms with Crippen LogP contribution in [-0.4, -0.2) is 43.3 Å². The number of rotatable bonds is 7. The van der Waals surface area contributed by atoms with Crippen LogP contribution in [0.3, 0.4) is 0 Å². The van der Waals surface area contributed by atoms with E-state index in [1.54, 1.807) is 32.0 Å². The number of fused-ring (bicyclic) bond motifs is 1. The number of nitrogens with zero attached hydrogens (tertiary/aromatic N) is 1. The minimum Gasteiger partial charge on any atom is -0.490 e. The lowest BCUT2D eigenvalue weighted by atomic mass is 9.84. The molecular weight excluding hydrogens is 456 g/mol. The molecule has 3 aromatic rings. The maximum atomic E-state index is 13.0. The third kappa shape index (κ3) is 5.30. The molecule has 0 saturated heterocycles. The van der Waals surface area contributed by atoms with E-state index in [9.17, 15) is 14.7 Å². The predicted octanol–water partition coefficient (Wildman–Crippen LogP) is 5.19. The van der Waals surface area contributed by atoms with E-state index in [0.29, 0.717) is 35.7 Å². The highest BCUT2D eigenvalue weighted by Crippen LogP contribution is 2.32. The van der Waals surface area contributed by atoms with Crippen molar-refractivity contribution in [2.24, 2.45) is 0 Å². The molecule has 1 aliphatic heterocycles. The predicted molar refractivity (Wildman–Crippen MR) is 141 cm³/mol. The topological polar surface area (TPSA) is 88.1 Å². The second kappa shape index (κ2) is 9.93. The van der Waals surface area contributed by atoms with Crippen LogP contribution in [0.2, 0.25) is 0 Å². The van der Waals surface area contributed by atoms with Crippen molar-refractivity contribution in [3.8, 4) is 11.5 Å². The molecule has 0 fully saturated rings. The summed E-state index contributed by atoms with van der Waals surface area (Å²) in [5.74, 6) is 0.313. The summed E-state index contributed by atoms with van der Waals surface area (Å²) in [6.45, 7) is 8.13. The monoisotopic (exact) mass is 488 g/mol. The maximum Gasteiger partial charge on any atom is 0.313 e. The molecule has 0 saturated carbocycles. The standard InChI is InChI=1S/C29H32N2O5/c1-18-12-20(29(3,4)28(33)34)15-21(13-18)30-27(32)24-11-10-22(14-19(24)2)35-17-23-16-31(5)25-8-6-7-9-26(25)36-23/h6-15,23H,16-17H2,1-5H3,(H,30,32)(H,33,34)/t23-/m0/s1. The van der Waals surface area contributed by atoms with Crippen LogP contribution in [0, 0.1) is 13.8 Å². The summed E-state index contributed by atoms with van der Waals surface area (Å²) in [6.07, 6.45) is -0.112. The average Bonchev–Trinajstić information content (AvgIpc) is 2.82. The zero-order valence-corrected chi connectivity index (χ0v) is 21.3. The van der Waals surface area contributed by atoms with Crippen LogP contribution in [0.25, 0.3) is 0 Å². The van der Waals surface area contributed by atoms with Gasteiger partial charge in [-0.25, -0.2) is 0 Å². The van der Waals surface area contributed by atoms with Crippen LogP contribution in [0.4, 0.5) is 11.4 Å². The second-order valence-corrected chi connectivity index (χ2v) is 9.85. The Hall–Kier alpha value is -4.00. The molecule has 188 valence electrons. The molecule has 1 aliphatic rings. The Morgan fingerprint density at radius 3 is 2.58 bits per heavy atom. The zero-order chi connectivity index (χ0) is 26.0. The molecular formula is C29H32N2O5. The van der Waals surface area contributed by atoms with Gasteiger partial charge in [-0.1, -0.05) is 18.2 Å². The van der Waals surface area contributed by atoms with E-state index in [1.807, 2.05) is 63.4 Å². The van der Waals surface area contributed by atoms with Gasteiger partial charge in [-0.05, 0) is 86.8 Å². The molecule has 0 spiro atoms. The average molecular weight is 489 g/mol. The van der Waals surface area contributed by atoms with Crippen molar-refractivity contribution in [1.82, 2.24) is 0 Å². The summed E-state index contributed by atoms with van der Waals surface area (Å²) in [7, 11) is 2.03. The summed E-state index contributed by atoms with van der Waals surface area (Å²) >= 11 is 0. The lowest BCUT2D eigenvalue weighted by molar-refractivity contribution is -0.142. The Labute approximate surface area is 211 Å². The van der Waals surface area contributed by atoms with Gasteiger partial charge in [-0.2, -0.15) is 0 Å². The van der Waals surface area contributed by atoms with Crippen molar-refractivity contribution in [3.63, 3.8) is 0 Å². The first-order valence-electron chi connectivity index (χ1n) is 11.9. The molecule has 0 bridgehead atoms. The molecule has 3 aromatic carbocycles. The van der Waals surface area contributed by atoms with Crippen molar-refractivity contribution in [1.29, 1.82) is 0 Å². The zero-order valence-electron chi connectivity index (χ0n) is 21.3. The fourth-order valence-electron chi connectivity index (χ4n) is 4.29. The number of amides is 1. The minimum atomic E-state index is -1.07. The van der Waals surface area contributed by atoms with E-state index in [2.05, 4.69) is 10.2 Å². The van der Waals surface area contributed by atoms with Crippen molar-refractivity contribution in [2.45, 2.75) is 39.2 Å². The number of ether oxygens (including phenoxy) is 2. The SMILES string of the molecule is Cc1cc(NC(=O)c2ccc(OC[C@@H]3CN(C)c4ccccc4O3)cc2C)cc(C(C)(C)C(=O)O)c1. The number of aliphatic carboxylic acids is 1. The van der Waals surface area contributed by atoms with Crippen LogP contribution in [0.1, 0.15) is 40.9 Å². The van der Waals surface area contributed by atoms with Gasteiger partial charge in [0.25, 0.3) is 5.91 Å². The molecule has 1 amide bonds. The number of carbonyl (C=O) groups is 2. The van der Waals surface area contributed by atoms with E-state index in [-0.39, 0.29) is 12.0 Å². The lowest BCUT2D eigenvalue weighted by Crippen LogP contribution is -2.41. The number of hydrogen-bond acceptors (Lipinski definition) is 5. The Morgan fingerprint density at radius 1 is 1.11 bits per heavy atom. The number of hydrogen-bond donors (Lipinski definition) is 2. The van der Waals surface area contributed by atoms with Crippen LogP contribution < -0.4 is 19.7 Å². The van der Waals surface area contributed by atoms with E-state index in [0.717, 1.165) is 22.6 Å². The van der Waals surface area contributed by atoms with Crippen molar-refractivity contribution in [2.75, 3.05) is 30.4 Å². The summed E-state index contributed by atoms with van der Waals surface area (Å²) in [4.78, 5) is 26.8. The summed E-state index contributed by atoms with van der Waals surface area (Å²) in [5, 5.41) is 12.5. The number of aryl methyl sites for hydroxylation is 2. The number of carboxylic acids is 1. The first-order chi connectivity index (χ1) is 17.0. The molecule has 0 aromatic heterocycles. The first kappa shape index (κ1) is 25.1. The van der Waals surface area contributed by atoms with E-state index >= 15 is 0 Å². The Kier molecular flexibility index (Phi) is 6.93. The fourth-order valence-corrected chi connectivity index (χ4v) is 4.29. The molecule has 0 radical (unpaired) electrons. The summed E-state index contributed by atoms with van der Waals surface area (Å²) < 4.78 is 12.1. The van der Waals surface area contributed by atoms with Gasteiger partial charge in [0.15, 0.2) is 0 Å². The molecule has 0 unspecified atom stereocenters. The number of carbonyl (C=O) groups excluding carboxylic acids is 1. The molecule has 7 heteroatoms. The number of likely N-dealkylation sites (N-methyl/N-ethyl adjacent to an activating group) is 1. The van der Waals surface area contributed by atoms with Gasteiger partial charge < -0.3 is 24.8 Å². The molecule has 1 atom stereocenters. The van der Waals surface area contributed by atoms with Crippen molar-refractivity contribution in [3.05, 3.63) is 82.9 Å². The highest BCUT2D eigenvalue weighted by Gasteiger charge is 2.30. The smallest absolute Gasteiger partial charge is 0.313 e. The highest BCUT2D eigenvalue weighted by atomic mass is 16.5. The molecule has 4 rings (SSSR count). The Balaban J connectivity index is 1.42. The fraction of sp³-hybridized carbons (Fsp3) is 0.310. The number of para-hydroxylation sites is 2. The summed E-state index contributed by atoms with van der Waals surface area (Å²) in [6, 6.07) is 18.6. The Morgan fingerprint density at radius 2 is 1.86 bits per heavy atom. The van der Waals surface area contributed by atoms with Crippen LogP contribution in [0.5, 0.6) is 11.5 Å². The van der Waals surface area contributed by atoms with Gasteiger partial charge in [0, 0.05) is 18.3 Å². The molecule has 0 aliphatic carbocycles. The molecule has 36 heavy (non-hydrogen) atoms. The molecule has 7 nitrogen and oxygen atoms in total. The quantitative estimate of drug-likeness (QED) is 0.476. The minimum absolute atomic E-state index is 0.112. The first-order valence-corrected chi connectivity index (χ1v) is 11.9. The highest BCUT2D eigenvalue weighted by molar-refractivity contribution is 6.05. The number of carboxylic acid groups (broad SMARTS) is 1. The van der Waals surface area contributed by atoms with Crippen molar-refractivity contribution < 1.29 is 24.2 Å². The second-order valence-electron chi connectivity index (χ2n) is 9.85. The maximum absolute atomic E-state index is 13.0. The summed E-state index contributed by atoms with van der Waals surface area (Å²) in [5.41, 5.74) is 3.34. The van der Waals surface area contributed by atoms with Crippen LogP contribution in [-0.2, 0) is 10.2 Å². The normalized spacial score (nSPS) is 15.0. The third-order valence-corrected chi connectivity index (χ3v) is 6.52.